The highest BCUT2D eigenvalue weighted by Gasteiger charge is 2.26. The molecule has 3 rings (SSSR count). The van der Waals surface area contributed by atoms with Crippen LogP contribution in [0.25, 0.3) is 0 Å². The first-order valence-electron chi connectivity index (χ1n) is 13.6. The van der Waals surface area contributed by atoms with Crippen molar-refractivity contribution in [1.82, 2.24) is 21.1 Å². The van der Waals surface area contributed by atoms with Gasteiger partial charge in [-0.05, 0) is 47.7 Å². The van der Waals surface area contributed by atoms with Crippen molar-refractivity contribution in [2.24, 2.45) is 10.6 Å². The van der Waals surface area contributed by atoms with Crippen LogP contribution in [0.4, 0.5) is 0 Å². The number of allylic oxidation sites excluding steroid dienone is 1. The van der Waals surface area contributed by atoms with Crippen molar-refractivity contribution in [2.75, 3.05) is 78.9 Å². The quantitative estimate of drug-likeness (QED) is 0.103. The minimum atomic E-state index is -1.07. The number of aldehydes is 1. The fourth-order valence-electron chi connectivity index (χ4n) is 3.28. The summed E-state index contributed by atoms with van der Waals surface area (Å²) in [5, 5.41) is 25.0. The minimum absolute atomic E-state index is 0. The second kappa shape index (κ2) is 26.9. The van der Waals surface area contributed by atoms with Gasteiger partial charge < -0.3 is 34.7 Å². The van der Waals surface area contributed by atoms with Crippen molar-refractivity contribution >= 4 is 12.5 Å². The van der Waals surface area contributed by atoms with Crippen molar-refractivity contribution in [3.05, 3.63) is 41.8 Å². The third-order valence-electron chi connectivity index (χ3n) is 4.97. The van der Waals surface area contributed by atoms with Crippen molar-refractivity contribution in [3.8, 4) is 0 Å². The van der Waals surface area contributed by atoms with E-state index in [2.05, 4.69) is 35.7 Å². The maximum absolute atomic E-state index is 10.3. The fraction of sp³-hybridized carbons (Fsp3) is 0.833. The Kier molecular flexibility index (Phi) is 27.3. The lowest BCUT2D eigenvalue weighted by molar-refractivity contribution is -0.566. The number of nitrogens with one attached hydrogen (secondary N) is 3. The third kappa shape index (κ3) is 31.2. The van der Waals surface area contributed by atoms with E-state index in [-0.39, 0.29) is 5.48 Å². The largest absolute Gasteiger partial charge is 0.412 e. The number of nitro groups is 2. The lowest BCUT2D eigenvalue weighted by Crippen LogP contribution is -2.48. The van der Waals surface area contributed by atoms with Gasteiger partial charge in [-0.25, -0.2) is 24.8 Å². The Morgan fingerprint density at radius 3 is 1.59 bits per heavy atom. The average molecular weight is 641 g/mol. The number of nitrogens with zero attached hydrogens (tertiary/aromatic N) is 6. The number of hydrogen-bond acceptors (Lipinski definition) is 12. The molecule has 3 saturated heterocycles. The molecule has 0 amide bonds. The van der Waals surface area contributed by atoms with E-state index in [1.54, 1.807) is 24.4 Å². The number of nitroso groups, excluding NO2 is 2. The number of carbonyl (C=O) groups is 1. The lowest BCUT2D eigenvalue weighted by Gasteiger charge is -2.25. The molecule has 3 fully saturated rings. The summed E-state index contributed by atoms with van der Waals surface area (Å²) in [4.78, 5) is 49.2. The van der Waals surface area contributed by atoms with Crippen LogP contribution in [0.15, 0.2) is 22.3 Å². The number of hydrazine groups is 2. The molecular formula is C24H50N9O11+. The van der Waals surface area contributed by atoms with E-state index in [0.29, 0.717) is 19.5 Å². The Bertz CT molecular complexity index is 848. The van der Waals surface area contributed by atoms with Crippen molar-refractivity contribution in [1.29, 1.82) is 0 Å². The van der Waals surface area contributed by atoms with Gasteiger partial charge in [0.25, 0.3) is 0 Å². The predicted octanol–water partition coefficient (Wildman–Crippen LogP) is -0.137. The van der Waals surface area contributed by atoms with Crippen LogP contribution in [-0.2, 0) is 19.0 Å². The van der Waals surface area contributed by atoms with Crippen LogP contribution in [0.2, 0.25) is 0 Å². The molecule has 20 heteroatoms. The van der Waals surface area contributed by atoms with Crippen molar-refractivity contribution < 1.29 is 39.1 Å². The summed E-state index contributed by atoms with van der Waals surface area (Å²) in [7, 11) is 0. The summed E-state index contributed by atoms with van der Waals surface area (Å²) in [5.74, 6) is 0. The second-order valence-electron chi connectivity index (χ2n) is 10.5. The molecule has 0 spiro atoms. The van der Waals surface area contributed by atoms with E-state index in [4.69, 9.17) is 24.0 Å². The highest BCUT2D eigenvalue weighted by molar-refractivity contribution is 5.63. The van der Waals surface area contributed by atoms with Gasteiger partial charge in [0.1, 0.15) is 29.3 Å². The second-order valence-corrected chi connectivity index (χ2v) is 10.5. The molecule has 0 radical (unpaired) electrons. The van der Waals surface area contributed by atoms with Crippen molar-refractivity contribution in [3.63, 3.8) is 0 Å². The smallest absolute Gasteiger partial charge is 0.170 e. The molecule has 0 unspecified atom stereocenters. The van der Waals surface area contributed by atoms with Gasteiger partial charge >= 0.3 is 0 Å². The van der Waals surface area contributed by atoms with Crippen LogP contribution in [0.3, 0.4) is 0 Å². The maximum Gasteiger partial charge on any atom is 0.170 e. The summed E-state index contributed by atoms with van der Waals surface area (Å²) in [6, 6.07) is 0. The van der Waals surface area contributed by atoms with Gasteiger partial charge in [0, 0.05) is 26.2 Å². The first kappa shape index (κ1) is 44.7. The number of rotatable bonds is 8. The molecule has 256 valence electrons. The highest BCUT2D eigenvalue weighted by atomic mass is 16.7. The zero-order chi connectivity index (χ0) is 33.2. The molecule has 0 aromatic carbocycles. The Morgan fingerprint density at radius 2 is 1.27 bits per heavy atom. The molecule has 5 N–H and O–H groups in total. The van der Waals surface area contributed by atoms with E-state index >= 15 is 0 Å². The van der Waals surface area contributed by atoms with Gasteiger partial charge in [-0.15, -0.1) is 20.7 Å². The van der Waals surface area contributed by atoms with Crippen LogP contribution in [0.5, 0.6) is 0 Å². The molecule has 20 nitrogen and oxygen atoms in total. The number of ether oxygens (including phenoxy) is 3. The molecule has 0 aromatic rings. The van der Waals surface area contributed by atoms with E-state index < -0.39 is 21.1 Å². The van der Waals surface area contributed by atoms with Gasteiger partial charge in [0.2, 0.25) is 0 Å². The van der Waals surface area contributed by atoms with E-state index in [0.717, 1.165) is 65.7 Å². The first-order chi connectivity index (χ1) is 20.2. The first-order valence-corrected chi connectivity index (χ1v) is 13.6. The maximum atomic E-state index is 10.3. The minimum Gasteiger partial charge on any atom is -0.412 e. The fourth-order valence-corrected chi connectivity index (χ4v) is 3.28. The Morgan fingerprint density at radius 1 is 0.841 bits per heavy atom. The summed E-state index contributed by atoms with van der Waals surface area (Å²) in [6.45, 7) is 21.3. The molecule has 0 bridgehead atoms. The van der Waals surface area contributed by atoms with Gasteiger partial charge in [0.15, 0.2) is 41.2 Å². The normalized spacial score (nSPS) is 15.8. The zero-order valence-corrected chi connectivity index (χ0v) is 26.5. The third-order valence-corrected chi connectivity index (χ3v) is 4.97. The Labute approximate surface area is 257 Å². The van der Waals surface area contributed by atoms with Crippen LogP contribution in [-0.4, -0.2) is 128 Å². The van der Waals surface area contributed by atoms with Crippen LogP contribution >= 0.6 is 0 Å². The molecule has 0 aliphatic carbocycles. The van der Waals surface area contributed by atoms with E-state index in [9.17, 15) is 25.0 Å². The average Bonchev–Trinajstić information content (AvgIpc) is 2.94. The number of hydrogen-bond donors (Lipinski definition) is 3. The van der Waals surface area contributed by atoms with Gasteiger partial charge in [-0.3, -0.25) is 0 Å². The Balaban J connectivity index is -0.000000501. The summed E-state index contributed by atoms with van der Waals surface area (Å²) < 4.78 is 17.4. The molecule has 0 atom stereocenters. The van der Waals surface area contributed by atoms with Crippen LogP contribution in [0.1, 0.15) is 41.5 Å². The lowest BCUT2D eigenvalue weighted by atomic mass is 10.1. The number of morpholine rings is 3. The standard InChI is InChI=1S/C8H16N3O3.C8H15NO.C4H8N2O3.C4H9NO.N2O2.H2O/c1-8(2,9-11(12)13)7-10-3-5-14-6-4-10;1-8(2)7-9-3-5-10-6-4-9;1-4(2,3-7)5-6(8)9;1-3-6-4-2-5-1;3-1-2-4;/h7,9H,3-6H2,1-2H3;7H,3-6H2,1-2H3;3,5H,1-2H3;5H,1-4H2;;1H2/q+1;;;;;. The number of carbonyl (C=O) groups excluding carboxylic acids is 1. The van der Waals surface area contributed by atoms with Crippen molar-refractivity contribution in [2.45, 2.75) is 52.6 Å². The summed E-state index contributed by atoms with van der Waals surface area (Å²) in [6.07, 6.45) is 4.52. The SMILES string of the molecule is C1COCCN1.CC(C)(C=O)N[N+](=O)[O-].CC(C)(C=[N+]1CCOCC1)N[N+](=O)[O-].CC(C)=CN1CCOCC1.O.O=NN=O. The molecule has 0 aromatic heterocycles. The Hall–Kier alpha value is -3.72. The van der Waals surface area contributed by atoms with Crippen LogP contribution in [0, 0.1) is 30.0 Å². The molecular weight excluding hydrogens is 590 g/mol. The van der Waals surface area contributed by atoms with Gasteiger partial charge in [0.05, 0.1) is 26.4 Å². The van der Waals surface area contributed by atoms with E-state index in [1.165, 1.54) is 19.4 Å². The monoisotopic (exact) mass is 640 g/mol. The summed E-state index contributed by atoms with van der Waals surface area (Å²) >= 11 is 0. The molecule has 3 aliphatic rings. The summed E-state index contributed by atoms with van der Waals surface area (Å²) in [5.41, 5.74) is 3.75. The van der Waals surface area contributed by atoms with Gasteiger partial charge in [-0.1, -0.05) is 5.57 Å². The van der Waals surface area contributed by atoms with E-state index in [1.807, 2.05) is 16.2 Å². The van der Waals surface area contributed by atoms with Gasteiger partial charge in [-0.2, -0.15) is 0 Å². The molecule has 3 heterocycles. The molecule has 3 aliphatic heterocycles. The predicted molar refractivity (Wildman–Crippen MR) is 162 cm³/mol. The van der Waals surface area contributed by atoms with Crippen LogP contribution < -0.4 is 16.2 Å². The zero-order valence-electron chi connectivity index (χ0n) is 26.5. The topological polar surface area (TPSA) is 264 Å². The molecule has 0 saturated carbocycles. The highest BCUT2D eigenvalue weighted by Crippen LogP contribution is 2.01. The molecule has 44 heavy (non-hydrogen) atoms.